The highest BCUT2D eigenvalue weighted by Crippen LogP contribution is 0.648. The van der Waals surface area contributed by atoms with E-state index in [0.29, 0.717) is 0 Å². The van der Waals surface area contributed by atoms with Gasteiger partial charge < -0.3 is 6.15 Å². The molecule has 4 heavy (non-hydrogen) atoms. The summed E-state index contributed by atoms with van der Waals surface area (Å²) in [5, 5.41) is 0. The van der Waals surface area contributed by atoms with Crippen molar-refractivity contribution in [1.29, 1.82) is 0 Å². The molecule has 0 aliphatic rings. The summed E-state index contributed by atoms with van der Waals surface area (Å²) in [6, 6.07) is 0. The van der Waals surface area contributed by atoms with Gasteiger partial charge in [-0.3, -0.25) is 0 Å². The van der Waals surface area contributed by atoms with Crippen LogP contribution in [-0.2, 0) is 0 Å². The minimum atomic E-state index is 0. The maximum atomic E-state index is 0. The average molecular weight is 81.0 g/mol. The largest absolute Gasteiger partial charge is 0.344 e. The molecule has 0 amide bonds. The summed E-state index contributed by atoms with van der Waals surface area (Å²) in [5.41, 5.74) is 0. The molecule has 0 aromatic heterocycles. The van der Waals surface area contributed by atoms with Crippen molar-refractivity contribution < 1.29 is 0 Å². The summed E-state index contributed by atoms with van der Waals surface area (Å²) in [4.78, 5) is 0. The minimum absolute atomic E-state index is 0. The Bertz CT molecular complexity index is 8.00. The molecule has 3 heteroatoms. The summed E-state index contributed by atoms with van der Waals surface area (Å²) in [6.45, 7) is 0. The van der Waals surface area contributed by atoms with E-state index in [1.807, 2.05) is 0 Å². The Labute approximate surface area is 36.4 Å². The Morgan fingerprint density at radius 1 is 1.00 bits per heavy atom. The molecule has 0 aliphatic heterocycles. The summed E-state index contributed by atoms with van der Waals surface area (Å²) >= 11 is 0. The van der Waals surface area contributed by atoms with Gasteiger partial charge in [0.1, 0.15) is 0 Å². The van der Waals surface area contributed by atoms with E-state index in [1.165, 1.54) is 0 Å². The molecule has 0 atom stereocenters. The van der Waals surface area contributed by atoms with Gasteiger partial charge in [0.25, 0.3) is 0 Å². The molecule has 0 aliphatic carbocycles. The predicted octanol–water partition coefficient (Wildman–Crippen LogP) is -0.273. The van der Waals surface area contributed by atoms with Crippen molar-refractivity contribution in [3.05, 3.63) is 0 Å². The number of hydrogen-bond donors (Lipinski definition) is 1. The molecule has 0 bridgehead atoms. The monoisotopic (exact) mass is 81.1 g/mol. The third-order valence-electron chi connectivity index (χ3n) is 0. The first-order valence-corrected chi connectivity index (χ1v) is 0. The maximum absolute atomic E-state index is 0. The Morgan fingerprint density at radius 2 is 1.00 bits per heavy atom. The molecule has 0 rings (SSSR count). The van der Waals surface area contributed by atoms with Crippen molar-refractivity contribution in [3.8, 4) is 0 Å². The van der Waals surface area contributed by atoms with Crippen LogP contribution in [0.3, 0.4) is 0 Å². The molecule has 0 aromatic carbocycles. The molecule has 1 nitrogen and oxygen atoms in total. The fourth-order valence-corrected chi connectivity index (χ4v) is 0. The van der Waals surface area contributed by atoms with Gasteiger partial charge in [-0.2, -0.15) is 13.5 Å². The normalized spacial score (nSPS) is 0. The van der Waals surface area contributed by atoms with E-state index in [-0.39, 0.29) is 35.5 Å². The second kappa shape index (κ2) is 135. The Hall–Kier alpha value is 0.375. The second-order valence-electron chi connectivity index (χ2n) is 0. The van der Waals surface area contributed by atoms with Crippen LogP contribution in [0.1, 0.15) is 7.43 Å². The first kappa shape index (κ1) is 354. The first-order valence-electron chi connectivity index (χ1n) is 0. The van der Waals surface area contributed by atoms with Gasteiger partial charge in [0, 0.05) is 0 Å². The van der Waals surface area contributed by atoms with Crippen LogP contribution in [-0.4, -0.2) is 8.41 Å². The zero-order valence-electron chi connectivity index (χ0n) is 1.21. The highest BCUT2D eigenvalue weighted by Gasteiger charge is 0.0814. The van der Waals surface area contributed by atoms with Crippen LogP contribution in [0.15, 0.2) is 0 Å². The fourth-order valence-electron chi connectivity index (χ4n) is 0. The average Bonchev–Trinajstić information content (AvgIpc) is 0. The van der Waals surface area contributed by atoms with E-state index in [2.05, 4.69) is 0 Å². The maximum Gasteiger partial charge on any atom is 0.0814 e. The van der Waals surface area contributed by atoms with Crippen LogP contribution >= 0.6 is 13.5 Å². The molecule has 0 fully saturated rings. The lowest BCUT2D eigenvalue weighted by Crippen LogP contribution is -0.481. The zero-order chi connectivity index (χ0) is 0. The van der Waals surface area contributed by atoms with Crippen molar-refractivity contribution >= 4 is 21.9 Å². The molecule has 0 saturated carbocycles. The van der Waals surface area contributed by atoms with Crippen molar-refractivity contribution in [2.24, 2.45) is 0 Å². The van der Waals surface area contributed by atoms with Crippen LogP contribution in [0.5, 0.6) is 0 Å². The van der Waals surface area contributed by atoms with E-state index >= 15 is 0 Å². The zero-order valence-corrected chi connectivity index (χ0v) is 2.21. The molecule has 30 valence electrons. The van der Waals surface area contributed by atoms with E-state index in [4.69, 9.17) is 0 Å². The summed E-state index contributed by atoms with van der Waals surface area (Å²) < 4.78 is 0. The van der Waals surface area contributed by atoms with Crippen LogP contribution in [0, 0.1) is 0 Å². The highest BCUT2D eigenvalue weighted by atomic mass is 32.1. The van der Waals surface area contributed by atoms with Crippen molar-refractivity contribution in [2.45, 2.75) is 7.43 Å². The molecule has 0 unspecified atom stereocenters. The van der Waals surface area contributed by atoms with Gasteiger partial charge in [-0.15, -0.1) is 0 Å². The van der Waals surface area contributed by atoms with Gasteiger partial charge in [0.2, 0.25) is 0 Å². The molecule has 0 radical (unpaired) electrons. The molecule has 3 N–H and O–H groups in total. The smallest absolute Gasteiger partial charge is 0.0814 e. The molecule has 0 aromatic rings. The Balaban J connectivity index is 0. The van der Waals surface area contributed by atoms with Gasteiger partial charge in [0.15, 0.2) is 0 Å². The summed E-state index contributed by atoms with van der Waals surface area (Å²) in [5.74, 6) is 0. The van der Waals surface area contributed by atoms with Gasteiger partial charge in [-0.1, -0.05) is 7.43 Å². The molecule has 0 saturated heterocycles. The van der Waals surface area contributed by atoms with Crippen molar-refractivity contribution in [3.63, 3.8) is 0 Å². The third kappa shape index (κ3) is 31.9. The Morgan fingerprint density at radius 3 is 1.00 bits per heavy atom. The summed E-state index contributed by atoms with van der Waals surface area (Å²) in [7, 11) is 0. The lowest BCUT2D eigenvalue weighted by molar-refractivity contribution is 2.13. The number of hydrogen-bond acceptors (Lipinski definition) is 1. The highest BCUT2D eigenvalue weighted by molar-refractivity contribution is 7.59. The van der Waals surface area contributed by atoms with E-state index in [9.17, 15) is 0 Å². The van der Waals surface area contributed by atoms with Crippen molar-refractivity contribution in [2.75, 3.05) is 0 Å². The van der Waals surface area contributed by atoms with Crippen LogP contribution in [0.25, 0.3) is 0 Å². The van der Waals surface area contributed by atoms with E-state index in [1.54, 1.807) is 0 Å². The predicted molar refractivity (Wildman–Crippen MR) is 32.1 cm³/mol. The topological polar surface area (TPSA) is 35.0 Å². The van der Waals surface area contributed by atoms with E-state index < -0.39 is 0 Å². The molecular formula is CH12BNS. The quantitative estimate of drug-likeness (QED) is 0.400. The van der Waals surface area contributed by atoms with Gasteiger partial charge >= 0.3 is 0 Å². The van der Waals surface area contributed by atoms with Gasteiger partial charge in [-0.25, -0.2) is 0 Å². The molecular weight excluding hydrogens is 68.9 g/mol. The third-order valence-corrected chi connectivity index (χ3v) is 0. The fraction of sp³-hybridized carbons (Fsp3) is 1.00. The standard InChI is InChI=1S/CH4.BH3.H3N.H2S/h1H4;2*1H3;1H2. The number of rotatable bonds is 0. The lowest BCUT2D eigenvalue weighted by atomic mass is 10.8. The molecule has 0 heterocycles. The van der Waals surface area contributed by atoms with Gasteiger partial charge in [-0.05, 0) is 0 Å². The lowest BCUT2D eigenvalue weighted by Gasteiger charge is -0.344. The summed E-state index contributed by atoms with van der Waals surface area (Å²) in [6.07, 6.45) is 0. The SMILES string of the molecule is B.C.N.S. The van der Waals surface area contributed by atoms with Gasteiger partial charge in [0.05, 0.1) is 8.41 Å². The van der Waals surface area contributed by atoms with Crippen molar-refractivity contribution in [1.82, 2.24) is 6.15 Å². The molecule has 0 spiro atoms. The minimum Gasteiger partial charge on any atom is -0.344 e. The Kier molecular flexibility index (Phi) is 12000. The van der Waals surface area contributed by atoms with E-state index in [0.717, 1.165) is 0 Å². The first-order chi connectivity index (χ1) is 0. The van der Waals surface area contributed by atoms with Crippen LogP contribution in [0.4, 0.5) is 0 Å². The second-order valence-corrected chi connectivity index (χ2v) is 0. The van der Waals surface area contributed by atoms with Crippen LogP contribution < -0.4 is 6.15 Å². The van der Waals surface area contributed by atoms with Crippen LogP contribution in [0.2, 0.25) is 0 Å².